The second-order valence-corrected chi connectivity index (χ2v) is 5.35. The Hall–Kier alpha value is -1.69. The Morgan fingerprint density at radius 1 is 1.36 bits per heavy atom. The molecule has 4 nitrogen and oxygen atoms in total. The van der Waals surface area contributed by atoms with Crippen LogP contribution in [-0.2, 0) is 4.74 Å². The molecule has 1 aromatic rings. The number of rotatable bonds is 7. The standard InChI is InChI=1S/C16H21F2NO3/c1-21-12-9-13(17)15(14(18)10-12)16(20)19-7-3-2-5-11-6-4-8-22-11/h9-11H,2-8H2,1H3,(H,19,20)/t11-/m1/s1. The number of nitrogens with one attached hydrogen (secondary N) is 1. The lowest BCUT2D eigenvalue weighted by Gasteiger charge is -2.10. The maximum atomic E-state index is 13.7. The molecule has 1 saturated heterocycles. The zero-order valence-corrected chi connectivity index (χ0v) is 12.7. The highest BCUT2D eigenvalue weighted by Crippen LogP contribution is 2.20. The zero-order valence-electron chi connectivity index (χ0n) is 12.7. The topological polar surface area (TPSA) is 47.6 Å². The summed E-state index contributed by atoms with van der Waals surface area (Å²) in [5.41, 5.74) is -0.570. The number of benzene rings is 1. The van der Waals surface area contributed by atoms with Crippen LogP contribution in [0.25, 0.3) is 0 Å². The van der Waals surface area contributed by atoms with Crippen molar-refractivity contribution in [3.05, 3.63) is 29.3 Å². The molecule has 0 radical (unpaired) electrons. The van der Waals surface area contributed by atoms with Crippen LogP contribution in [-0.4, -0.2) is 32.3 Å². The van der Waals surface area contributed by atoms with Gasteiger partial charge in [-0.05, 0) is 32.1 Å². The molecule has 1 aromatic carbocycles. The number of carbonyl (C=O) groups excluding carboxylic acids is 1. The SMILES string of the molecule is COc1cc(F)c(C(=O)NCCCC[C@@H]2CCCO2)c(F)c1. The molecule has 1 amide bonds. The quantitative estimate of drug-likeness (QED) is 0.787. The lowest BCUT2D eigenvalue weighted by molar-refractivity contribution is 0.0939. The van der Waals surface area contributed by atoms with E-state index < -0.39 is 23.1 Å². The number of amides is 1. The average molecular weight is 313 g/mol. The van der Waals surface area contributed by atoms with Crippen LogP contribution in [0.15, 0.2) is 12.1 Å². The molecular formula is C16H21F2NO3. The van der Waals surface area contributed by atoms with E-state index in [1.54, 1.807) is 0 Å². The van der Waals surface area contributed by atoms with E-state index in [-0.39, 0.29) is 5.75 Å². The maximum absolute atomic E-state index is 13.7. The van der Waals surface area contributed by atoms with E-state index in [4.69, 9.17) is 9.47 Å². The smallest absolute Gasteiger partial charge is 0.257 e. The van der Waals surface area contributed by atoms with Gasteiger partial charge in [-0.1, -0.05) is 0 Å². The second kappa shape index (κ2) is 8.08. The molecule has 2 rings (SSSR count). The third kappa shape index (κ3) is 4.40. The van der Waals surface area contributed by atoms with Crippen LogP contribution in [0.1, 0.15) is 42.5 Å². The van der Waals surface area contributed by atoms with Crippen molar-refractivity contribution in [1.29, 1.82) is 0 Å². The van der Waals surface area contributed by atoms with Crippen molar-refractivity contribution >= 4 is 5.91 Å². The van der Waals surface area contributed by atoms with Gasteiger partial charge in [0.15, 0.2) is 0 Å². The van der Waals surface area contributed by atoms with Crippen molar-refractivity contribution in [2.75, 3.05) is 20.3 Å². The summed E-state index contributed by atoms with van der Waals surface area (Å²) in [6.07, 6.45) is 5.16. The zero-order chi connectivity index (χ0) is 15.9. The number of unbranched alkanes of at least 4 members (excludes halogenated alkanes) is 1. The molecule has 1 fully saturated rings. The molecule has 1 aliphatic rings. The summed E-state index contributed by atoms with van der Waals surface area (Å²) in [6, 6.07) is 1.99. The number of hydrogen-bond donors (Lipinski definition) is 1. The molecule has 1 heterocycles. The first-order valence-corrected chi connectivity index (χ1v) is 7.54. The van der Waals surface area contributed by atoms with E-state index in [0.29, 0.717) is 12.6 Å². The van der Waals surface area contributed by atoms with Crippen molar-refractivity contribution in [1.82, 2.24) is 5.32 Å². The largest absolute Gasteiger partial charge is 0.497 e. The van der Waals surface area contributed by atoms with Gasteiger partial charge in [0, 0.05) is 25.3 Å². The fourth-order valence-electron chi connectivity index (χ4n) is 2.54. The monoisotopic (exact) mass is 313 g/mol. The van der Waals surface area contributed by atoms with E-state index in [1.165, 1.54) is 7.11 Å². The lowest BCUT2D eigenvalue weighted by atomic mass is 10.1. The maximum Gasteiger partial charge on any atom is 0.257 e. The summed E-state index contributed by atoms with van der Waals surface area (Å²) in [5, 5.41) is 2.54. The third-order valence-electron chi connectivity index (χ3n) is 3.74. The molecule has 1 aliphatic heterocycles. The van der Waals surface area contributed by atoms with Gasteiger partial charge < -0.3 is 14.8 Å². The predicted octanol–water partition coefficient (Wildman–Crippen LogP) is 3.05. The van der Waals surface area contributed by atoms with Crippen LogP contribution >= 0.6 is 0 Å². The van der Waals surface area contributed by atoms with Gasteiger partial charge in [0.1, 0.15) is 22.9 Å². The van der Waals surface area contributed by atoms with Crippen molar-refractivity contribution in [3.63, 3.8) is 0 Å². The first kappa shape index (κ1) is 16.7. The fraction of sp³-hybridized carbons (Fsp3) is 0.562. The molecule has 0 spiro atoms. The van der Waals surface area contributed by atoms with Crippen LogP contribution in [0, 0.1) is 11.6 Å². The Bertz CT molecular complexity index is 493. The Labute approximate surface area is 128 Å². The van der Waals surface area contributed by atoms with Gasteiger partial charge in [0.25, 0.3) is 5.91 Å². The van der Waals surface area contributed by atoms with Gasteiger partial charge in [-0.25, -0.2) is 8.78 Å². The highest BCUT2D eigenvalue weighted by atomic mass is 19.1. The third-order valence-corrected chi connectivity index (χ3v) is 3.74. The van der Waals surface area contributed by atoms with Gasteiger partial charge in [-0.2, -0.15) is 0 Å². The molecule has 6 heteroatoms. The van der Waals surface area contributed by atoms with Gasteiger partial charge in [-0.3, -0.25) is 4.79 Å². The van der Waals surface area contributed by atoms with E-state index in [1.807, 2.05) is 0 Å². The summed E-state index contributed by atoms with van der Waals surface area (Å²) >= 11 is 0. The Kier molecular flexibility index (Phi) is 6.12. The van der Waals surface area contributed by atoms with Crippen LogP contribution in [0.5, 0.6) is 5.75 Å². The number of halogens is 2. The summed E-state index contributed by atoms with van der Waals surface area (Å²) in [5.74, 6) is -2.54. The van der Waals surface area contributed by atoms with Gasteiger partial charge >= 0.3 is 0 Å². The van der Waals surface area contributed by atoms with E-state index >= 15 is 0 Å². The van der Waals surface area contributed by atoms with E-state index in [0.717, 1.165) is 50.8 Å². The van der Waals surface area contributed by atoms with E-state index in [9.17, 15) is 13.6 Å². The first-order chi connectivity index (χ1) is 10.6. The summed E-state index contributed by atoms with van der Waals surface area (Å²) in [4.78, 5) is 11.8. The second-order valence-electron chi connectivity index (χ2n) is 5.35. The van der Waals surface area contributed by atoms with Crippen LogP contribution in [0.2, 0.25) is 0 Å². The van der Waals surface area contributed by atoms with Crippen LogP contribution < -0.4 is 10.1 Å². The Morgan fingerprint density at radius 3 is 2.68 bits per heavy atom. The first-order valence-electron chi connectivity index (χ1n) is 7.54. The van der Waals surface area contributed by atoms with Gasteiger partial charge in [0.2, 0.25) is 0 Å². The van der Waals surface area contributed by atoms with Crippen molar-refractivity contribution < 1.29 is 23.0 Å². The van der Waals surface area contributed by atoms with Crippen LogP contribution in [0.4, 0.5) is 8.78 Å². The molecule has 0 bridgehead atoms. The van der Waals surface area contributed by atoms with Gasteiger partial charge in [0.05, 0.1) is 13.2 Å². The normalized spacial score (nSPS) is 17.5. The van der Waals surface area contributed by atoms with Gasteiger partial charge in [-0.15, -0.1) is 0 Å². The van der Waals surface area contributed by atoms with Crippen molar-refractivity contribution in [3.8, 4) is 5.75 Å². The highest BCUT2D eigenvalue weighted by Gasteiger charge is 2.19. The van der Waals surface area contributed by atoms with Crippen molar-refractivity contribution in [2.24, 2.45) is 0 Å². The number of hydrogen-bond acceptors (Lipinski definition) is 3. The Balaban J connectivity index is 1.77. The summed E-state index contributed by atoms with van der Waals surface area (Å²) < 4.78 is 37.7. The minimum absolute atomic E-state index is 0.0445. The molecule has 1 N–H and O–H groups in total. The van der Waals surface area contributed by atoms with E-state index in [2.05, 4.69) is 5.32 Å². The van der Waals surface area contributed by atoms with Crippen LogP contribution in [0.3, 0.4) is 0 Å². The predicted molar refractivity (Wildman–Crippen MR) is 78.1 cm³/mol. The fourth-order valence-corrected chi connectivity index (χ4v) is 2.54. The molecule has 0 aromatic heterocycles. The van der Waals surface area contributed by atoms with Crippen molar-refractivity contribution in [2.45, 2.75) is 38.2 Å². The number of carbonyl (C=O) groups is 1. The molecule has 22 heavy (non-hydrogen) atoms. The lowest BCUT2D eigenvalue weighted by Crippen LogP contribution is -2.26. The molecule has 1 atom stereocenters. The minimum atomic E-state index is -0.922. The molecule has 0 saturated carbocycles. The number of ether oxygens (including phenoxy) is 2. The minimum Gasteiger partial charge on any atom is -0.497 e. The summed E-state index contributed by atoms with van der Waals surface area (Å²) in [6.45, 7) is 1.22. The average Bonchev–Trinajstić information content (AvgIpc) is 2.99. The highest BCUT2D eigenvalue weighted by molar-refractivity contribution is 5.94. The Morgan fingerprint density at radius 2 is 2.09 bits per heavy atom. The molecule has 0 unspecified atom stereocenters. The number of methoxy groups -OCH3 is 1. The molecular weight excluding hydrogens is 292 g/mol. The molecule has 0 aliphatic carbocycles. The summed E-state index contributed by atoms with van der Waals surface area (Å²) in [7, 11) is 1.31. The molecule has 122 valence electrons.